The van der Waals surface area contributed by atoms with E-state index in [1.54, 1.807) is 19.2 Å². The lowest BCUT2D eigenvalue weighted by atomic mass is 10.2. The van der Waals surface area contributed by atoms with E-state index in [-0.39, 0.29) is 5.56 Å². The van der Waals surface area contributed by atoms with E-state index >= 15 is 0 Å². The van der Waals surface area contributed by atoms with Crippen molar-refractivity contribution < 1.29 is 4.74 Å². The van der Waals surface area contributed by atoms with Gasteiger partial charge in [0, 0.05) is 6.54 Å². The summed E-state index contributed by atoms with van der Waals surface area (Å²) in [7, 11) is 3.58. The fourth-order valence-corrected chi connectivity index (χ4v) is 2.44. The largest absolute Gasteiger partial charge is 0.497 e. The summed E-state index contributed by atoms with van der Waals surface area (Å²) < 4.78 is 6.53. The van der Waals surface area contributed by atoms with Crippen molar-refractivity contribution in [3.63, 3.8) is 0 Å². The fourth-order valence-electron chi connectivity index (χ4n) is 2.44. The minimum Gasteiger partial charge on any atom is -0.497 e. The third kappa shape index (κ3) is 3.37. The Morgan fingerprint density at radius 3 is 2.61 bits per heavy atom. The van der Waals surface area contributed by atoms with Crippen LogP contribution in [0, 0.1) is 0 Å². The zero-order valence-corrected chi connectivity index (χ0v) is 13.1. The first-order chi connectivity index (χ1) is 11.2. The molecule has 0 N–H and O–H groups in total. The average molecular weight is 310 g/mol. The maximum atomic E-state index is 12.4. The highest BCUT2D eigenvalue weighted by Gasteiger charge is 2.08. The molecule has 2 aromatic carbocycles. The molecule has 0 unspecified atom stereocenters. The summed E-state index contributed by atoms with van der Waals surface area (Å²) in [6.07, 6.45) is 0. The van der Waals surface area contributed by atoms with Crippen molar-refractivity contribution in [3.05, 3.63) is 64.4 Å². The maximum Gasteiger partial charge on any atom is 0.278 e. The van der Waals surface area contributed by atoms with Gasteiger partial charge in [0.1, 0.15) is 11.3 Å². The predicted molar refractivity (Wildman–Crippen MR) is 88.3 cm³/mol. The summed E-state index contributed by atoms with van der Waals surface area (Å²) >= 11 is 0. The van der Waals surface area contributed by atoms with Crippen molar-refractivity contribution in [1.29, 1.82) is 0 Å². The molecule has 0 saturated carbocycles. The second kappa shape index (κ2) is 6.58. The van der Waals surface area contributed by atoms with Gasteiger partial charge in [-0.15, -0.1) is 5.10 Å². The Bertz CT molecular complexity index is 858. The van der Waals surface area contributed by atoms with Crippen molar-refractivity contribution in [2.24, 2.45) is 0 Å². The molecule has 23 heavy (non-hydrogen) atoms. The number of ether oxygens (including phenoxy) is 1. The molecule has 1 heterocycles. The molecule has 3 rings (SSSR count). The van der Waals surface area contributed by atoms with Gasteiger partial charge < -0.3 is 4.74 Å². The Balaban J connectivity index is 1.75. The molecule has 3 aromatic rings. The SMILES string of the molecule is COc1ccc(CN(C)Cn2nnc3ccccc3c2=O)cc1. The Kier molecular flexibility index (Phi) is 4.34. The van der Waals surface area contributed by atoms with Crippen molar-refractivity contribution in [3.8, 4) is 5.75 Å². The van der Waals surface area contributed by atoms with Crippen molar-refractivity contribution in [2.45, 2.75) is 13.2 Å². The highest BCUT2D eigenvalue weighted by molar-refractivity contribution is 5.76. The Labute approximate surface area is 133 Å². The summed E-state index contributed by atoms with van der Waals surface area (Å²) in [4.78, 5) is 14.4. The van der Waals surface area contributed by atoms with Gasteiger partial charge in [-0.1, -0.05) is 29.5 Å². The van der Waals surface area contributed by atoms with E-state index in [2.05, 4.69) is 10.3 Å². The number of methoxy groups -OCH3 is 1. The molecular formula is C17H18N4O2. The monoisotopic (exact) mass is 310 g/mol. The number of benzene rings is 2. The van der Waals surface area contributed by atoms with E-state index in [0.29, 0.717) is 24.1 Å². The first-order valence-electron chi connectivity index (χ1n) is 7.31. The van der Waals surface area contributed by atoms with Crippen LogP contribution in [0.4, 0.5) is 0 Å². The maximum absolute atomic E-state index is 12.4. The lowest BCUT2D eigenvalue weighted by Crippen LogP contribution is -2.32. The van der Waals surface area contributed by atoms with Gasteiger partial charge in [-0.05, 0) is 36.9 Å². The molecule has 6 heteroatoms. The topological polar surface area (TPSA) is 60.2 Å². The van der Waals surface area contributed by atoms with Gasteiger partial charge in [0.2, 0.25) is 0 Å². The lowest BCUT2D eigenvalue weighted by molar-refractivity contribution is 0.236. The first kappa shape index (κ1) is 15.2. The summed E-state index contributed by atoms with van der Waals surface area (Å²) in [6, 6.07) is 15.1. The molecule has 0 bridgehead atoms. The van der Waals surface area contributed by atoms with Crippen LogP contribution in [0.3, 0.4) is 0 Å². The standard InChI is InChI=1S/C17H18N4O2/c1-20(11-13-7-9-14(23-2)10-8-13)12-21-17(22)15-5-3-4-6-16(15)18-19-21/h3-10H,11-12H2,1-2H3. The molecule has 0 aliphatic carbocycles. The molecule has 1 aromatic heterocycles. The number of hydrogen-bond donors (Lipinski definition) is 0. The van der Waals surface area contributed by atoms with Crippen LogP contribution in [-0.2, 0) is 13.2 Å². The molecule has 0 fully saturated rings. The lowest BCUT2D eigenvalue weighted by Gasteiger charge is -2.17. The van der Waals surface area contributed by atoms with Crippen LogP contribution in [0.2, 0.25) is 0 Å². The van der Waals surface area contributed by atoms with Crippen LogP contribution in [0.5, 0.6) is 5.75 Å². The van der Waals surface area contributed by atoms with Gasteiger partial charge in [-0.2, -0.15) is 4.68 Å². The third-order valence-corrected chi connectivity index (χ3v) is 3.62. The smallest absolute Gasteiger partial charge is 0.278 e. The zero-order valence-electron chi connectivity index (χ0n) is 13.1. The van der Waals surface area contributed by atoms with Crippen molar-refractivity contribution >= 4 is 10.9 Å². The molecular weight excluding hydrogens is 292 g/mol. The molecule has 0 radical (unpaired) electrons. The van der Waals surface area contributed by atoms with Crippen LogP contribution in [0.1, 0.15) is 5.56 Å². The van der Waals surface area contributed by atoms with E-state index in [0.717, 1.165) is 11.3 Å². The van der Waals surface area contributed by atoms with Crippen LogP contribution < -0.4 is 10.3 Å². The molecule has 0 aliphatic rings. The van der Waals surface area contributed by atoms with Crippen molar-refractivity contribution in [2.75, 3.05) is 14.2 Å². The number of rotatable bonds is 5. The van der Waals surface area contributed by atoms with E-state index in [9.17, 15) is 4.79 Å². The van der Waals surface area contributed by atoms with Gasteiger partial charge in [-0.3, -0.25) is 9.69 Å². The fraction of sp³-hybridized carbons (Fsp3) is 0.235. The van der Waals surface area contributed by atoms with Gasteiger partial charge >= 0.3 is 0 Å². The van der Waals surface area contributed by atoms with Crippen LogP contribution >= 0.6 is 0 Å². The van der Waals surface area contributed by atoms with E-state index < -0.39 is 0 Å². The molecule has 0 aliphatic heterocycles. The number of aromatic nitrogens is 3. The van der Waals surface area contributed by atoms with Crippen LogP contribution in [0.15, 0.2) is 53.3 Å². The number of nitrogens with zero attached hydrogens (tertiary/aromatic N) is 4. The van der Waals surface area contributed by atoms with Gasteiger partial charge in [-0.25, -0.2) is 0 Å². The van der Waals surface area contributed by atoms with Crippen LogP contribution in [-0.4, -0.2) is 34.1 Å². The summed E-state index contributed by atoms with van der Waals surface area (Å²) in [5.74, 6) is 0.827. The first-order valence-corrected chi connectivity index (χ1v) is 7.31. The second-order valence-corrected chi connectivity index (χ2v) is 5.41. The number of hydrogen-bond acceptors (Lipinski definition) is 5. The molecule has 0 amide bonds. The molecule has 0 spiro atoms. The molecule has 0 atom stereocenters. The van der Waals surface area contributed by atoms with E-state index in [1.807, 2.05) is 48.3 Å². The highest BCUT2D eigenvalue weighted by Crippen LogP contribution is 2.12. The Hall–Kier alpha value is -2.73. The summed E-state index contributed by atoms with van der Waals surface area (Å²) in [5, 5.41) is 8.69. The normalized spacial score (nSPS) is 11.1. The Morgan fingerprint density at radius 2 is 1.87 bits per heavy atom. The second-order valence-electron chi connectivity index (χ2n) is 5.41. The third-order valence-electron chi connectivity index (χ3n) is 3.62. The quantitative estimate of drug-likeness (QED) is 0.720. The molecule has 6 nitrogen and oxygen atoms in total. The summed E-state index contributed by atoms with van der Waals surface area (Å²) in [6.45, 7) is 1.08. The minimum absolute atomic E-state index is 0.128. The van der Waals surface area contributed by atoms with Crippen molar-refractivity contribution in [1.82, 2.24) is 19.9 Å². The van der Waals surface area contributed by atoms with Gasteiger partial charge in [0.05, 0.1) is 19.2 Å². The zero-order chi connectivity index (χ0) is 16.2. The van der Waals surface area contributed by atoms with Crippen LogP contribution in [0.25, 0.3) is 10.9 Å². The Morgan fingerprint density at radius 1 is 1.13 bits per heavy atom. The highest BCUT2D eigenvalue weighted by atomic mass is 16.5. The molecule has 0 saturated heterocycles. The number of fused-ring (bicyclic) bond motifs is 1. The summed E-state index contributed by atoms with van der Waals surface area (Å²) in [5.41, 5.74) is 1.62. The van der Waals surface area contributed by atoms with Gasteiger partial charge in [0.25, 0.3) is 5.56 Å². The van der Waals surface area contributed by atoms with Gasteiger partial charge in [0.15, 0.2) is 0 Å². The van der Waals surface area contributed by atoms with E-state index in [4.69, 9.17) is 4.74 Å². The van der Waals surface area contributed by atoms with E-state index in [1.165, 1.54) is 4.68 Å². The predicted octanol–water partition coefficient (Wildman–Crippen LogP) is 1.89. The average Bonchev–Trinajstić information content (AvgIpc) is 2.58. The molecule has 118 valence electrons. The minimum atomic E-state index is -0.128.